The number of pyridine rings is 1. The number of phenolic OH excluding ortho intramolecular Hbond substituents is 1. The average molecular weight is 383 g/mol. The van der Waals surface area contributed by atoms with Crippen molar-refractivity contribution in [2.45, 2.75) is 31.7 Å². The summed E-state index contributed by atoms with van der Waals surface area (Å²) in [5.74, 6) is 0.723. The quantitative estimate of drug-likeness (QED) is 0.534. The lowest BCUT2D eigenvalue weighted by atomic mass is 9.94. The predicted octanol–water partition coefficient (Wildman–Crippen LogP) is 2.17. The van der Waals surface area contributed by atoms with Crippen molar-refractivity contribution in [2.24, 2.45) is 5.92 Å². The maximum Gasteiger partial charge on any atom is 0.241 e. The van der Waals surface area contributed by atoms with E-state index in [9.17, 15) is 9.90 Å². The third kappa shape index (κ3) is 6.04. The van der Waals surface area contributed by atoms with E-state index in [1.165, 1.54) is 12.8 Å². The van der Waals surface area contributed by atoms with Crippen LogP contribution in [0.1, 0.15) is 36.4 Å². The number of phenols is 1. The zero-order valence-electron chi connectivity index (χ0n) is 16.2. The predicted molar refractivity (Wildman–Crippen MR) is 110 cm³/mol. The highest BCUT2D eigenvalue weighted by molar-refractivity contribution is 5.84. The summed E-state index contributed by atoms with van der Waals surface area (Å²) in [5, 5.41) is 20.0. The lowest BCUT2D eigenvalue weighted by Gasteiger charge is -2.24. The number of aromatic nitrogens is 1. The van der Waals surface area contributed by atoms with Crippen molar-refractivity contribution in [3.8, 4) is 5.75 Å². The molecule has 150 valence electrons. The highest BCUT2D eigenvalue weighted by Crippen LogP contribution is 2.24. The molecule has 4 N–H and O–H groups in total. The molecule has 1 aromatic heterocycles. The monoisotopic (exact) mass is 382 g/mol. The number of amides is 1. The summed E-state index contributed by atoms with van der Waals surface area (Å²) in [6.45, 7) is 3.44. The summed E-state index contributed by atoms with van der Waals surface area (Å²) in [6.07, 6.45) is 7.66. The summed E-state index contributed by atoms with van der Waals surface area (Å²) in [6, 6.07) is 10.4. The topological polar surface area (TPSA) is 86.3 Å². The maximum absolute atomic E-state index is 12.9. The normalized spacial score (nSPS) is 15.9. The van der Waals surface area contributed by atoms with Gasteiger partial charge < -0.3 is 21.1 Å². The van der Waals surface area contributed by atoms with Crippen molar-refractivity contribution in [1.29, 1.82) is 0 Å². The van der Waals surface area contributed by atoms with Crippen molar-refractivity contribution >= 4 is 5.91 Å². The van der Waals surface area contributed by atoms with Gasteiger partial charge in [0.1, 0.15) is 11.8 Å². The van der Waals surface area contributed by atoms with Gasteiger partial charge in [0.05, 0.1) is 0 Å². The summed E-state index contributed by atoms with van der Waals surface area (Å²) in [7, 11) is 0. The van der Waals surface area contributed by atoms with E-state index in [-0.39, 0.29) is 11.7 Å². The SMILES string of the molecule is O=C(NCCc1ccncc1)C(NCCC1CCNCC1)c1ccccc1O. The van der Waals surface area contributed by atoms with Gasteiger partial charge in [-0.2, -0.15) is 0 Å². The highest BCUT2D eigenvalue weighted by atomic mass is 16.3. The van der Waals surface area contributed by atoms with Gasteiger partial charge in [0.25, 0.3) is 0 Å². The minimum absolute atomic E-state index is 0.110. The van der Waals surface area contributed by atoms with Crippen LogP contribution in [0.5, 0.6) is 5.75 Å². The van der Waals surface area contributed by atoms with Crippen molar-refractivity contribution in [3.63, 3.8) is 0 Å². The van der Waals surface area contributed by atoms with Crippen LogP contribution in [0.3, 0.4) is 0 Å². The molecule has 1 aromatic carbocycles. The second kappa shape index (κ2) is 10.8. The minimum Gasteiger partial charge on any atom is -0.508 e. The first-order valence-electron chi connectivity index (χ1n) is 10.1. The molecule has 6 heteroatoms. The molecule has 3 rings (SSSR count). The van der Waals surface area contributed by atoms with Crippen LogP contribution < -0.4 is 16.0 Å². The van der Waals surface area contributed by atoms with Gasteiger partial charge in [0.2, 0.25) is 5.91 Å². The number of hydrogen-bond donors (Lipinski definition) is 4. The molecule has 2 heterocycles. The molecular weight excluding hydrogens is 352 g/mol. The third-order valence-corrected chi connectivity index (χ3v) is 5.33. The van der Waals surface area contributed by atoms with E-state index >= 15 is 0 Å². The molecule has 6 nitrogen and oxygen atoms in total. The molecule has 2 aromatic rings. The first-order chi connectivity index (χ1) is 13.7. The Bertz CT molecular complexity index is 732. The first kappa shape index (κ1) is 20.3. The lowest BCUT2D eigenvalue weighted by molar-refractivity contribution is -0.123. The zero-order valence-corrected chi connectivity index (χ0v) is 16.2. The summed E-state index contributed by atoms with van der Waals surface area (Å²) in [4.78, 5) is 16.9. The number of carbonyl (C=O) groups is 1. The number of nitrogens with zero attached hydrogens (tertiary/aromatic N) is 1. The van der Waals surface area contributed by atoms with Crippen molar-refractivity contribution in [3.05, 3.63) is 59.9 Å². The summed E-state index contributed by atoms with van der Waals surface area (Å²) in [5.41, 5.74) is 1.75. The molecule has 1 aliphatic heterocycles. The van der Waals surface area contributed by atoms with E-state index in [1.54, 1.807) is 30.6 Å². The molecule has 0 radical (unpaired) electrons. The molecular formula is C22H30N4O2. The van der Waals surface area contributed by atoms with Crippen LogP contribution in [0.2, 0.25) is 0 Å². The van der Waals surface area contributed by atoms with E-state index in [0.29, 0.717) is 18.0 Å². The van der Waals surface area contributed by atoms with Crippen LogP contribution in [0, 0.1) is 5.92 Å². The standard InChI is InChI=1S/C22H30N4O2/c27-20-4-2-1-3-19(20)21(25-15-9-17-5-11-23-12-6-17)22(28)26-16-10-18-7-13-24-14-8-18/h1-4,7-8,13-14,17,21,23,25,27H,5-6,9-12,15-16H2,(H,26,28). The molecule has 1 atom stereocenters. The van der Waals surface area contributed by atoms with E-state index in [1.807, 2.05) is 18.2 Å². The number of hydrogen-bond acceptors (Lipinski definition) is 5. The average Bonchev–Trinajstić information content (AvgIpc) is 2.73. The number of nitrogens with one attached hydrogen (secondary N) is 3. The first-order valence-corrected chi connectivity index (χ1v) is 10.1. The maximum atomic E-state index is 12.9. The van der Waals surface area contributed by atoms with Crippen molar-refractivity contribution < 1.29 is 9.90 Å². The van der Waals surface area contributed by atoms with Crippen LogP contribution in [0.25, 0.3) is 0 Å². The fraction of sp³-hybridized carbons (Fsp3) is 0.455. The smallest absolute Gasteiger partial charge is 0.241 e. The highest BCUT2D eigenvalue weighted by Gasteiger charge is 2.23. The van der Waals surface area contributed by atoms with Crippen LogP contribution in [-0.2, 0) is 11.2 Å². The van der Waals surface area contributed by atoms with Gasteiger partial charge in [-0.3, -0.25) is 9.78 Å². The van der Waals surface area contributed by atoms with E-state index in [2.05, 4.69) is 20.9 Å². The van der Waals surface area contributed by atoms with Crippen LogP contribution in [-0.4, -0.2) is 42.2 Å². The number of benzene rings is 1. The van der Waals surface area contributed by atoms with Gasteiger partial charge in [-0.15, -0.1) is 0 Å². The number of rotatable bonds is 9. The van der Waals surface area contributed by atoms with Gasteiger partial charge in [0.15, 0.2) is 0 Å². The molecule has 0 bridgehead atoms. The van der Waals surface area contributed by atoms with Crippen LogP contribution in [0.15, 0.2) is 48.8 Å². The Kier molecular flexibility index (Phi) is 7.82. The molecule has 1 aliphatic rings. The van der Waals surface area contributed by atoms with E-state index < -0.39 is 6.04 Å². The molecule has 28 heavy (non-hydrogen) atoms. The van der Waals surface area contributed by atoms with Crippen molar-refractivity contribution in [1.82, 2.24) is 20.9 Å². The number of aromatic hydroxyl groups is 1. The minimum atomic E-state index is -0.555. The molecule has 1 unspecified atom stereocenters. The fourth-order valence-corrected chi connectivity index (χ4v) is 3.66. The number of para-hydroxylation sites is 1. The molecule has 0 spiro atoms. The second-order valence-corrected chi connectivity index (χ2v) is 7.32. The molecule has 1 fully saturated rings. The van der Waals surface area contributed by atoms with Gasteiger partial charge >= 0.3 is 0 Å². The van der Waals surface area contributed by atoms with Crippen LogP contribution in [0.4, 0.5) is 0 Å². The lowest BCUT2D eigenvalue weighted by Crippen LogP contribution is -2.39. The molecule has 1 amide bonds. The Labute approximate surface area is 166 Å². The second-order valence-electron chi connectivity index (χ2n) is 7.32. The van der Waals surface area contributed by atoms with Gasteiger partial charge in [0, 0.05) is 24.5 Å². The molecule has 0 saturated carbocycles. The third-order valence-electron chi connectivity index (χ3n) is 5.33. The number of piperidine rings is 1. The Balaban J connectivity index is 1.56. The number of carbonyl (C=O) groups excluding carboxylic acids is 1. The van der Waals surface area contributed by atoms with E-state index in [0.717, 1.165) is 38.0 Å². The Hall–Kier alpha value is -2.44. The van der Waals surface area contributed by atoms with Gasteiger partial charge in [-0.1, -0.05) is 18.2 Å². The summed E-state index contributed by atoms with van der Waals surface area (Å²) < 4.78 is 0. The van der Waals surface area contributed by atoms with Gasteiger partial charge in [-0.05, 0) is 75.0 Å². The Morgan fingerprint density at radius 2 is 1.89 bits per heavy atom. The fourth-order valence-electron chi connectivity index (χ4n) is 3.66. The van der Waals surface area contributed by atoms with Crippen molar-refractivity contribution in [2.75, 3.05) is 26.2 Å². The Morgan fingerprint density at radius 3 is 2.64 bits per heavy atom. The molecule has 1 saturated heterocycles. The zero-order chi connectivity index (χ0) is 19.6. The largest absolute Gasteiger partial charge is 0.508 e. The van der Waals surface area contributed by atoms with Crippen LogP contribution >= 0.6 is 0 Å². The summed E-state index contributed by atoms with van der Waals surface area (Å²) >= 11 is 0. The van der Waals surface area contributed by atoms with Gasteiger partial charge in [-0.25, -0.2) is 0 Å². The van der Waals surface area contributed by atoms with E-state index in [4.69, 9.17) is 0 Å². The Morgan fingerprint density at radius 1 is 1.14 bits per heavy atom. The molecule has 0 aliphatic carbocycles.